The van der Waals surface area contributed by atoms with Gasteiger partial charge < -0.3 is 19.5 Å². The van der Waals surface area contributed by atoms with Gasteiger partial charge in [-0.2, -0.15) is 0 Å². The first-order valence-corrected chi connectivity index (χ1v) is 14.0. The standard InChI is InChI=1S/C28H33Cl2N3O6/c1-2-25(35)39-27(28(36)37)33-23-18-20(10-8-19(23)9-11-24(33)34)38-17-4-3-12-31-13-15-32(16-14-31)22-7-5-6-21(29)26(22)30/h5-8,10,18,27H,2-4,9,11-17H2,1H3,(H,36,37). The van der Waals surface area contributed by atoms with Crippen LogP contribution in [0.15, 0.2) is 36.4 Å². The van der Waals surface area contributed by atoms with Crippen LogP contribution in [0.25, 0.3) is 0 Å². The largest absolute Gasteiger partial charge is 0.494 e. The second-order valence-electron chi connectivity index (χ2n) is 9.55. The fourth-order valence-electron chi connectivity index (χ4n) is 4.82. The molecule has 2 aromatic carbocycles. The van der Waals surface area contributed by atoms with Crippen LogP contribution in [0.2, 0.25) is 10.0 Å². The predicted molar refractivity (Wildman–Crippen MR) is 150 cm³/mol. The molecule has 11 heteroatoms. The maximum atomic E-state index is 12.7. The number of hydrogen-bond acceptors (Lipinski definition) is 7. The number of carbonyl (C=O) groups is 3. The van der Waals surface area contributed by atoms with Crippen LogP contribution in [0.4, 0.5) is 11.4 Å². The molecule has 2 aliphatic rings. The molecule has 39 heavy (non-hydrogen) atoms. The van der Waals surface area contributed by atoms with E-state index in [4.69, 9.17) is 32.7 Å². The van der Waals surface area contributed by atoms with Crippen LogP contribution in [0, 0.1) is 0 Å². The van der Waals surface area contributed by atoms with Gasteiger partial charge in [0.25, 0.3) is 6.23 Å². The van der Waals surface area contributed by atoms with Gasteiger partial charge in [0.05, 0.1) is 28.0 Å². The van der Waals surface area contributed by atoms with E-state index in [2.05, 4.69) is 9.80 Å². The SMILES string of the molecule is CCC(=O)OC(C(=O)O)N1C(=O)CCc2ccc(OCCCCN3CCN(c4cccc(Cl)c4Cl)CC3)cc21. The first-order valence-electron chi connectivity index (χ1n) is 13.2. The molecule has 0 radical (unpaired) electrons. The number of unbranched alkanes of at least 4 members (excludes halogenated alkanes) is 1. The third-order valence-corrected chi connectivity index (χ3v) is 7.76. The molecular weight excluding hydrogens is 545 g/mol. The summed E-state index contributed by atoms with van der Waals surface area (Å²) in [6, 6.07) is 11.0. The normalized spacial score (nSPS) is 16.5. The molecule has 0 spiro atoms. The Bertz CT molecular complexity index is 1200. The Hall–Kier alpha value is -3.01. The van der Waals surface area contributed by atoms with Crippen molar-refractivity contribution in [1.29, 1.82) is 0 Å². The number of nitrogens with zero attached hydrogens (tertiary/aromatic N) is 3. The van der Waals surface area contributed by atoms with Crippen LogP contribution in [0.3, 0.4) is 0 Å². The number of fused-ring (bicyclic) bond motifs is 1. The van der Waals surface area contributed by atoms with Crippen molar-refractivity contribution in [3.8, 4) is 5.75 Å². The summed E-state index contributed by atoms with van der Waals surface area (Å²) in [5.41, 5.74) is 2.18. The van der Waals surface area contributed by atoms with E-state index in [0.29, 0.717) is 34.5 Å². The summed E-state index contributed by atoms with van der Waals surface area (Å²) in [7, 11) is 0. The minimum atomic E-state index is -1.71. The number of carbonyl (C=O) groups excluding carboxylic acids is 2. The van der Waals surface area contributed by atoms with Crippen LogP contribution in [-0.2, 0) is 25.5 Å². The number of aryl methyl sites for hydroxylation is 1. The number of carboxylic acid groups (broad SMARTS) is 1. The summed E-state index contributed by atoms with van der Waals surface area (Å²) in [6.07, 6.45) is 0.715. The number of ether oxygens (including phenoxy) is 2. The molecule has 1 unspecified atom stereocenters. The third kappa shape index (κ3) is 7.15. The van der Waals surface area contributed by atoms with Gasteiger partial charge >= 0.3 is 11.9 Å². The van der Waals surface area contributed by atoms with Gasteiger partial charge in [0.1, 0.15) is 5.75 Å². The summed E-state index contributed by atoms with van der Waals surface area (Å²) in [5, 5.41) is 10.8. The Morgan fingerprint density at radius 3 is 2.51 bits per heavy atom. The molecule has 4 rings (SSSR count). The zero-order valence-electron chi connectivity index (χ0n) is 21.9. The molecule has 1 fully saturated rings. The van der Waals surface area contributed by atoms with Crippen molar-refractivity contribution in [1.82, 2.24) is 4.90 Å². The number of anilines is 2. The highest BCUT2D eigenvalue weighted by molar-refractivity contribution is 6.43. The first kappa shape index (κ1) is 29.0. The predicted octanol–water partition coefficient (Wildman–Crippen LogP) is 4.62. The smallest absolute Gasteiger partial charge is 0.367 e. The number of esters is 1. The highest BCUT2D eigenvalue weighted by atomic mass is 35.5. The molecule has 1 amide bonds. The summed E-state index contributed by atoms with van der Waals surface area (Å²) in [5.74, 6) is -1.97. The lowest BCUT2D eigenvalue weighted by molar-refractivity contribution is -0.164. The molecule has 1 saturated heterocycles. The third-order valence-electron chi connectivity index (χ3n) is 6.95. The molecule has 0 aliphatic carbocycles. The molecule has 2 heterocycles. The van der Waals surface area contributed by atoms with Crippen molar-refractivity contribution < 1.29 is 29.0 Å². The monoisotopic (exact) mass is 577 g/mol. The van der Waals surface area contributed by atoms with Crippen LogP contribution in [0.5, 0.6) is 5.75 Å². The number of aliphatic carboxylic acids is 1. The van der Waals surface area contributed by atoms with E-state index in [0.717, 1.165) is 61.7 Å². The van der Waals surface area contributed by atoms with Gasteiger partial charge in [0.15, 0.2) is 0 Å². The van der Waals surface area contributed by atoms with E-state index < -0.39 is 24.1 Å². The number of halogens is 2. The topological polar surface area (TPSA) is 99.6 Å². The van der Waals surface area contributed by atoms with E-state index in [1.54, 1.807) is 19.1 Å². The lowest BCUT2D eigenvalue weighted by atomic mass is 10.0. The van der Waals surface area contributed by atoms with Crippen molar-refractivity contribution in [2.45, 2.75) is 45.3 Å². The number of benzene rings is 2. The number of carboxylic acids is 1. The second-order valence-corrected chi connectivity index (χ2v) is 10.3. The molecular formula is C28H33Cl2N3O6. The fraction of sp³-hybridized carbons (Fsp3) is 0.464. The zero-order valence-corrected chi connectivity index (χ0v) is 23.4. The average Bonchev–Trinajstić information content (AvgIpc) is 2.93. The van der Waals surface area contributed by atoms with Gasteiger partial charge in [-0.1, -0.05) is 42.3 Å². The lowest BCUT2D eigenvalue weighted by Gasteiger charge is -2.36. The zero-order chi connectivity index (χ0) is 27.9. The fourth-order valence-corrected chi connectivity index (χ4v) is 5.24. The van der Waals surface area contributed by atoms with Crippen LogP contribution >= 0.6 is 23.2 Å². The molecule has 2 aromatic rings. The van der Waals surface area contributed by atoms with E-state index in [-0.39, 0.29) is 12.8 Å². The maximum absolute atomic E-state index is 12.7. The van der Waals surface area contributed by atoms with Gasteiger partial charge in [-0.25, -0.2) is 4.79 Å². The van der Waals surface area contributed by atoms with E-state index in [1.165, 1.54) is 0 Å². The average molecular weight is 578 g/mol. The van der Waals surface area contributed by atoms with Crippen molar-refractivity contribution in [3.05, 3.63) is 52.0 Å². The van der Waals surface area contributed by atoms with Crippen molar-refractivity contribution >= 4 is 52.4 Å². The first-order chi connectivity index (χ1) is 18.8. The summed E-state index contributed by atoms with van der Waals surface area (Å²) in [4.78, 5) is 42.1. The number of amides is 1. The molecule has 2 aliphatic heterocycles. The van der Waals surface area contributed by atoms with Gasteiger partial charge in [0, 0.05) is 45.1 Å². The summed E-state index contributed by atoms with van der Waals surface area (Å²) < 4.78 is 11.0. The van der Waals surface area contributed by atoms with Crippen LogP contribution in [0.1, 0.15) is 38.2 Å². The van der Waals surface area contributed by atoms with E-state index >= 15 is 0 Å². The van der Waals surface area contributed by atoms with Crippen LogP contribution < -0.4 is 14.5 Å². The molecule has 0 saturated carbocycles. The van der Waals surface area contributed by atoms with Crippen molar-refractivity contribution in [3.63, 3.8) is 0 Å². The second kappa shape index (κ2) is 13.4. The lowest BCUT2D eigenvalue weighted by Crippen LogP contribution is -2.50. The summed E-state index contributed by atoms with van der Waals surface area (Å²) in [6.45, 7) is 6.64. The van der Waals surface area contributed by atoms with E-state index in [9.17, 15) is 19.5 Å². The van der Waals surface area contributed by atoms with Gasteiger partial charge in [-0.05, 0) is 49.6 Å². The molecule has 9 nitrogen and oxygen atoms in total. The van der Waals surface area contributed by atoms with Gasteiger partial charge in [-0.3, -0.25) is 19.4 Å². The quantitative estimate of drug-likeness (QED) is 0.305. The van der Waals surface area contributed by atoms with Crippen LogP contribution in [-0.4, -0.2) is 73.4 Å². The molecule has 1 atom stereocenters. The highest BCUT2D eigenvalue weighted by Crippen LogP contribution is 2.34. The number of rotatable bonds is 11. The Morgan fingerprint density at radius 2 is 1.79 bits per heavy atom. The Labute approximate surface area is 238 Å². The van der Waals surface area contributed by atoms with Crippen molar-refractivity contribution in [2.75, 3.05) is 49.1 Å². The van der Waals surface area contributed by atoms with Crippen molar-refractivity contribution in [2.24, 2.45) is 0 Å². The molecule has 210 valence electrons. The molecule has 0 bridgehead atoms. The van der Waals surface area contributed by atoms with Gasteiger partial charge in [0.2, 0.25) is 5.91 Å². The Kier molecular flexibility index (Phi) is 9.94. The number of piperazine rings is 1. The maximum Gasteiger partial charge on any atom is 0.367 e. The highest BCUT2D eigenvalue weighted by Gasteiger charge is 2.37. The Balaban J connectivity index is 1.27. The van der Waals surface area contributed by atoms with E-state index in [1.807, 2.05) is 24.3 Å². The molecule has 0 aromatic heterocycles. The Morgan fingerprint density at radius 1 is 1.03 bits per heavy atom. The minimum absolute atomic E-state index is 0.00769. The number of hydrogen-bond donors (Lipinski definition) is 1. The summed E-state index contributed by atoms with van der Waals surface area (Å²) >= 11 is 12.5. The molecule has 1 N–H and O–H groups in total. The minimum Gasteiger partial charge on any atom is -0.494 e. The van der Waals surface area contributed by atoms with Gasteiger partial charge in [-0.15, -0.1) is 0 Å².